The summed E-state index contributed by atoms with van der Waals surface area (Å²) < 4.78 is 12.6. The Morgan fingerprint density at radius 1 is 1.31 bits per heavy atom. The van der Waals surface area contributed by atoms with Gasteiger partial charge in [0.2, 0.25) is 0 Å². The summed E-state index contributed by atoms with van der Waals surface area (Å²) in [6, 6.07) is 8.35. The maximum absolute atomic E-state index is 12.2. The van der Waals surface area contributed by atoms with Crippen molar-refractivity contribution in [1.82, 2.24) is 9.80 Å². The molecule has 1 amide bonds. The molecule has 2 atom stereocenters. The van der Waals surface area contributed by atoms with E-state index in [0.29, 0.717) is 5.92 Å². The van der Waals surface area contributed by atoms with Crippen LogP contribution in [0.1, 0.15) is 38.9 Å². The van der Waals surface area contributed by atoms with Crippen LogP contribution in [0.15, 0.2) is 28.7 Å². The second-order valence-electron chi connectivity index (χ2n) is 8.26. The predicted molar refractivity (Wildman–Crippen MR) is 105 cm³/mol. The third-order valence-corrected chi connectivity index (χ3v) is 5.32. The molecule has 0 bridgehead atoms. The van der Waals surface area contributed by atoms with Crippen LogP contribution >= 0.6 is 15.9 Å². The van der Waals surface area contributed by atoms with E-state index >= 15 is 0 Å². The molecule has 6 heteroatoms. The van der Waals surface area contributed by atoms with Crippen molar-refractivity contribution >= 4 is 22.0 Å². The minimum absolute atomic E-state index is 0.115. The summed E-state index contributed by atoms with van der Waals surface area (Å²) in [5.41, 5.74) is 0.780. The highest BCUT2D eigenvalue weighted by molar-refractivity contribution is 9.10. The Balaban J connectivity index is 1.51. The molecular formula is C20H29BrN2O3. The zero-order valence-electron chi connectivity index (χ0n) is 15.9. The number of carbonyl (C=O) groups is 1. The van der Waals surface area contributed by atoms with Crippen LogP contribution in [-0.2, 0) is 9.47 Å². The number of benzene rings is 1. The Morgan fingerprint density at radius 2 is 2.12 bits per heavy atom. The van der Waals surface area contributed by atoms with E-state index in [1.165, 1.54) is 5.56 Å². The summed E-state index contributed by atoms with van der Waals surface area (Å²) in [5.74, 6) is 0.503. The molecule has 1 aromatic carbocycles. The van der Waals surface area contributed by atoms with Crippen molar-refractivity contribution in [2.45, 2.75) is 38.9 Å². The first-order valence-corrected chi connectivity index (χ1v) is 10.2. The van der Waals surface area contributed by atoms with Gasteiger partial charge in [0.15, 0.2) is 0 Å². The van der Waals surface area contributed by atoms with Gasteiger partial charge in [0, 0.05) is 37.2 Å². The highest BCUT2D eigenvalue weighted by Crippen LogP contribution is 2.27. The van der Waals surface area contributed by atoms with Crippen molar-refractivity contribution in [3.63, 3.8) is 0 Å². The van der Waals surface area contributed by atoms with Gasteiger partial charge in [-0.1, -0.05) is 28.1 Å². The van der Waals surface area contributed by atoms with E-state index in [1.54, 1.807) is 0 Å². The van der Waals surface area contributed by atoms with Gasteiger partial charge in [-0.05, 0) is 50.8 Å². The fraction of sp³-hybridized carbons (Fsp3) is 0.650. The molecule has 0 unspecified atom stereocenters. The second-order valence-corrected chi connectivity index (χ2v) is 9.17. The van der Waals surface area contributed by atoms with Gasteiger partial charge in [-0.15, -0.1) is 0 Å². The molecule has 0 N–H and O–H groups in total. The summed E-state index contributed by atoms with van der Waals surface area (Å²) in [6.07, 6.45) is 0.969. The number of likely N-dealkylation sites (tertiary alicyclic amines) is 1. The lowest BCUT2D eigenvalue weighted by atomic mass is 10.1. The van der Waals surface area contributed by atoms with Crippen molar-refractivity contribution in [2.24, 2.45) is 5.92 Å². The Morgan fingerprint density at radius 3 is 2.85 bits per heavy atom. The third kappa shape index (κ3) is 5.44. The van der Waals surface area contributed by atoms with Gasteiger partial charge in [0.1, 0.15) is 5.60 Å². The van der Waals surface area contributed by atoms with Crippen molar-refractivity contribution < 1.29 is 14.3 Å². The lowest BCUT2D eigenvalue weighted by Crippen LogP contribution is -2.42. The number of halogens is 1. The van der Waals surface area contributed by atoms with Crippen LogP contribution < -0.4 is 0 Å². The first-order valence-electron chi connectivity index (χ1n) is 9.37. The molecular weight excluding hydrogens is 396 g/mol. The minimum atomic E-state index is -0.434. The average molecular weight is 425 g/mol. The normalized spacial score (nSPS) is 24.7. The van der Waals surface area contributed by atoms with E-state index in [0.717, 1.165) is 50.2 Å². The number of hydrogen-bond acceptors (Lipinski definition) is 4. The van der Waals surface area contributed by atoms with E-state index in [1.807, 2.05) is 31.7 Å². The lowest BCUT2D eigenvalue weighted by Gasteiger charge is -2.34. The van der Waals surface area contributed by atoms with Gasteiger partial charge in [0.25, 0.3) is 0 Å². The molecule has 2 aliphatic heterocycles. The molecule has 2 fully saturated rings. The van der Waals surface area contributed by atoms with Gasteiger partial charge in [-0.3, -0.25) is 4.90 Å². The number of ether oxygens (including phenoxy) is 2. The molecule has 0 saturated carbocycles. The van der Waals surface area contributed by atoms with Gasteiger partial charge in [0.05, 0.1) is 12.7 Å². The minimum Gasteiger partial charge on any atom is -0.444 e. The number of carbonyl (C=O) groups excluding carboxylic acids is 1. The summed E-state index contributed by atoms with van der Waals surface area (Å²) in [5, 5.41) is 0. The van der Waals surface area contributed by atoms with Crippen LogP contribution in [0.4, 0.5) is 4.79 Å². The Labute approximate surface area is 164 Å². The third-order valence-electron chi connectivity index (χ3n) is 4.82. The van der Waals surface area contributed by atoms with Gasteiger partial charge < -0.3 is 14.4 Å². The highest BCUT2D eigenvalue weighted by Gasteiger charge is 2.32. The fourth-order valence-corrected chi connectivity index (χ4v) is 4.03. The monoisotopic (exact) mass is 424 g/mol. The molecule has 5 nitrogen and oxygen atoms in total. The number of amides is 1. The Bertz CT molecular complexity index is 632. The largest absolute Gasteiger partial charge is 0.444 e. The summed E-state index contributed by atoms with van der Waals surface area (Å²) in [6.45, 7) is 10.9. The predicted octanol–water partition coefficient (Wildman–Crippen LogP) is 4.08. The van der Waals surface area contributed by atoms with Crippen molar-refractivity contribution in [3.05, 3.63) is 34.3 Å². The van der Waals surface area contributed by atoms with Crippen LogP contribution in [0.25, 0.3) is 0 Å². The number of rotatable bonds is 3. The molecule has 0 aliphatic carbocycles. The van der Waals surface area contributed by atoms with Crippen LogP contribution in [-0.4, -0.2) is 60.8 Å². The zero-order valence-corrected chi connectivity index (χ0v) is 17.5. The molecule has 3 rings (SSSR count). The van der Waals surface area contributed by atoms with E-state index in [2.05, 4.69) is 39.0 Å². The molecule has 144 valence electrons. The Kier molecular flexibility index (Phi) is 6.25. The molecule has 0 radical (unpaired) electrons. The van der Waals surface area contributed by atoms with Crippen LogP contribution in [0.2, 0.25) is 0 Å². The summed E-state index contributed by atoms with van der Waals surface area (Å²) in [7, 11) is 0. The molecule has 2 heterocycles. The van der Waals surface area contributed by atoms with Crippen molar-refractivity contribution in [1.29, 1.82) is 0 Å². The second kappa shape index (κ2) is 8.28. The smallest absolute Gasteiger partial charge is 0.410 e. The zero-order chi connectivity index (χ0) is 18.7. The fourth-order valence-electron chi connectivity index (χ4n) is 3.62. The maximum Gasteiger partial charge on any atom is 0.410 e. The maximum atomic E-state index is 12.2. The number of nitrogens with zero attached hydrogens (tertiary/aromatic N) is 2. The van der Waals surface area contributed by atoms with Crippen LogP contribution in [0, 0.1) is 5.92 Å². The lowest BCUT2D eigenvalue weighted by molar-refractivity contribution is -0.0343. The molecule has 0 spiro atoms. The molecule has 0 aromatic heterocycles. The summed E-state index contributed by atoms with van der Waals surface area (Å²) in [4.78, 5) is 16.6. The van der Waals surface area contributed by atoms with Crippen LogP contribution in [0.3, 0.4) is 0 Å². The van der Waals surface area contributed by atoms with E-state index < -0.39 is 5.60 Å². The van der Waals surface area contributed by atoms with E-state index in [9.17, 15) is 4.79 Å². The van der Waals surface area contributed by atoms with Crippen LogP contribution in [0.5, 0.6) is 0 Å². The molecule has 2 saturated heterocycles. The summed E-state index contributed by atoms with van der Waals surface area (Å²) >= 11 is 3.54. The standard InChI is InChI=1S/C20H29BrN2O3/c1-20(2,3)26-19(24)23-8-7-15(13-23)12-22-9-10-25-18(14-22)16-5-4-6-17(21)11-16/h4-6,11,15,18H,7-10,12-14H2,1-3H3/t15-,18+/m1/s1. The SMILES string of the molecule is CC(C)(C)OC(=O)N1CC[C@H](CN2CCO[C@H](c3cccc(Br)c3)C2)C1. The highest BCUT2D eigenvalue weighted by atomic mass is 79.9. The molecule has 1 aromatic rings. The van der Waals surface area contributed by atoms with Gasteiger partial charge in [-0.2, -0.15) is 0 Å². The first kappa shape index (κ1) is 19.6. The first-order chi connectivity index (χ1) is 12.3. The van der Waals surface area contributed by atoms with Crippen molar-refractivity contribution in [2.75, 3.05) is 39.3 Å². The molecule has 26 heavy (non-hydrogen) atoms. The topological polar surface area (TPSA) is 42.0 Å². The van der Waals surface area contributed by atoms with Gasteiger partial charge >= 0.3 is 6.09 Å². The average Bonchev–Trinajstić information content (AvgIpc) is 3.02. The Hall–Kier alpha value is -1.11. The quantitative estimate of drug-likeness (QED) is 0.732. The number of hydrogen-bond donors (Lipinski definition) is 0. The van der Waals surface area contributed by atoms with Crippen molar-refractivity contribution in [3.8, 4) is 0 Å². The van der Waals surface area contributed by atoms with E-state index in [4.69, 9.17) is 9.47 Å². The van der Waals surface area contributed by atoms with Gasteiger partial charge in [-0.25, -0.2) is 4.79 Å². The van der Waals surface area contributed by atoms with E-state index in [-0.39, 0.29) is 12.2 Å². The number of morpholine rings is 1. The molecule has 2 aliphatic rings.